The van der Waals surface area contributed by atoms with Gasteiger partial charge in [0.15, 0.2) is 0 Å². The Hall–Kier alpha value is -2.51. The normalized spacial score (nSPS) is 25.0. The number of hydrogen-bond acceptors (Lipinski definition) is 5. The lowest BCUT2D eigenvalue weighted by Gasteiger charge is -2.37. The van der Waals surface area contributed by atoms with Crippen LogP contribution in [0.3, 0.4) is 0 Å². The van der Waals surface area contributed by atoms with Crippen molar-refractivity contribution in [2.24, 2.45) is 7.05 Å². The molecular weight excluding hydrogens is 356 g/mol. The molecular formula is C22H24N2O4. The average molecular weight is 380 g/mol. The van der Waals surface area contributed by atoms with E-state index in [-0.39, 0.29) is 13.0 Å². The van der Waals surface area contributed by atoms with Crippen molar-refractivity contribution in [2.45, 2.75) is 30.8 Å². The number of aliphatic hydroxyl groups is 3. The van der Waals surface area contributed by atoms with Crippen LogP contribution in [-0.4, -0.2) is 50.0 Å². The lowest BCUT2D eigenvalue weighted by Crippen LogP contribution is -2.44. The highest BCUT2D eigenvalue weighted by molar-refractivity contribution is 5.69. The second-order valence-electron chi connectivity index (χ2n) is 7.23. The number of aliphatic hydroxyl groups excluding tert-OH is 3. The fourth-order valence-electron chi connectivity index (χ4n) is 3.64. The first-order chi connectivity index (χ1) is 13.5. The number of aryl methyl sites for hydroxylation is 1. The Bertz CT molecular complexity index is 938. The molecule has 1 aliphatic rings. The van der Waals surface area contributed by atoms with E-state index in [1.807, 2.05) is 67.8 Å². The monoisotopic (exact) mass is 380 g/mol. The summed E-state index contributed by atoms with van der Waals surface area (Å²) in [4.78, 5) is 0. The predicted octanol–water partition coefficient (Wildman–Crippen LogP) is 2.30. The Balaban J connectivity index is 1.60. The van der Waals surface area contributed by atoms with Gasteiger partial charge in [-0.2, -0.15) is 5.10 Å². The van der Waals surface area contributed by atoms with Gasteiger partial charge in [-0.15, -0.1) is 0 Å². The summed E-state index contributed by atoms with van der Waals surface area (Å²) < 4.78 is 7.58. The minimum atomic E-state index is -1.02. The third kappa shape index (κ3) is 3.72. The van der Waals surface area contributed by atoms with Gasteiger partial charge in [0.25, 0.3) is 0 Å². The van der Waals surface area contributed by atoms with E-state index in [1.165, 1.54) is 0 Å². The van der Waals surface area contributed by atoms with Crippen molar-refractivity contribution in [3.05, 3.63) is 66.4 Å². The Kier molecular flexibility index (Phi) is 5.28. The standard InChI is InChI=1S/C22H24N2O4/c1-24-10-9-19(23-24)15-7-5-14(6-8-15)16-3-2-4-17(11-16)22-21(27)20(26)12-18(13-25)28-22/h2-11,18,20-22,25-27H,12-13H2,1H3. The molecule has 6 nitrogen and oxygen atoms in total. The van der Waals surface area contributed by atoms with Crippen LogP contribution in [0.15, 0.2) is 60.8 Å². The number of hydrogen-bond donors (Lipinski definition) is 3. The van der Waals surface area contributed by atoms with Crippen LogP contribution in [0, 0.1) is 0 Å². The summed E-state index contributed by atoms with van der Waals surface area (Å²) in [6.45, 7) is -0.186. The fourth-order valence-corrected chi connectivity index (χ4v) is 3.64. The molecule has 1 aromatic heterocycles. The van der Waals surface area contributed by atoms with E-state index in [0.717, 1.165) is 27.9 Å². The van der Waals surface area contributed by atoms with E-state index in [1.54, 1.807) is 4.68 Å². The smallest absolute Gasteiger partial charge is 0.111 e. The van der Waals surface area contributed by atoms with Crippen LogP contribution in [0.25, 0.3) is 22.4 Å². The molecule has 0 bridgehead atoms. The molecule has 0 saturated carbocycles. The van der Waals surface area contributed by atoms with E-state index in [0.29, 0.717) is 0 Å². The molecule has 3 aromatic rings. The zero-order chi connectivity index (χ0) is 19.7. The highest BCUT2D eigenvalue weighted by atomic mass is 16.5. The molecule has 1 fully saturated rings. The third-order valence-corrected chi connectivity index (χ3v) is 5.19. The van der Waals surface area contributed by atoms with Gasteiger partial charge in [0.1, 0.15) is 12.2 Å². The lowest BCUT2D eigenvalue weighted by molar-refractivity contribution is -0.179. The Labute approximate surface area is 163 Å². The molecule has 6 heteroatoms. The first kappa shape index (κ1) is 18.8. The van der Waals surface area contributed by atoms with Gasteiger partial charge in [-0.1, -0.05) is 42.5 Å². The zero-order valence-electron chi connectivity index (χ0n) is 15.6. The summed E-state index contributed by atoms with van der Waals surface area (Å²) in [6, 6.07) is 17.8. The molecule has 1 saturated heterocycles. The Morgan fingerprint density at radius 1 is 1.04 bits per heavy atom. The van der Waals surface area contributed by atoms with Gasteiger partial charge in [-0.05, 0) is 28.8 Å². The largest absolute Gasteiger partial charge is 0.394 e. The van der Waals surface area contributed by atoms with Crippen LogP contribution in [0.1, 0.15) is 18.1 Å². The summed E-state index contributed by atoms with van der Waals surface area (Å²) >= 11 is 0. The molecule has 0 spiro atoms. The maximum atomic E-state index is 10.4. The van der Waals surface area contributed by atoms with Crippen molar-refractivity contribution in [1.29, 1.82) is 0 Å². The number of nitrogens with zero attached hydrogens (tertiary/aromatic N) is 2. The van der Waals surface area contributed by atoms with E-state index in [2.05, 4.69) is 5.10 Å². The molecule has 146 valence electrons. The molecule has 0 aliphatic carbocycles. The number of ether oxygens (including phenoxy) is 1. The van der Waals surface area contributed by atoms with Gasteiger partial charge in [-0.25, -0.2) is 0 Å². The molecule has 2 aromatic carbocycles. The highest BCUT2D eigenvalue weighted by Crippen LogP contribution is 2.34. The predicted molar refractivity (Wildman–Crippen MR) is 105 cm³/mol. The number of benzene rings is 2. The van der Waals surface area contributed by atoms with Crippen molar-refractivity contribution in [1.82, 2.24) is 9.78 Å². The summed E-state index contributed by atoms with van der Waals surface area (Å²) in [6.07, 6.45) is -0.959. The van der Waals surface area contributed by atoms with E-state index >= 15 is 0 Å². The maximum Gasteiger partial charge on any atom is 0.111 e. The SMILES string of the molecule is Cn1ccc(-c2ccc(-c3cccc(C4OC(CO)CC(O)C4O)c3)cc2)n1. The van der Waals surface area contributed by atoms with Crippen LogP contribution in [0.2, 0.25) is 0 Å². The van der Waals surface area contributed by atoms with Gasteiger partial charge in [-0.3, -0.25) is 4.68 Å². The fraction of sp³-hybridized carbons (Fsp3) is 0.318. The molecule has 1 aliphatic heterocycles. The first-order valence-electron chi connectivity index (χ1n) is 9.38. The molecule has 3 N–H and O–H groups in total. The lowest BCUT2D eigenvalue weighted by atomic mass is 9.91. The third-order valence-electron chi connectivity index (χ3n) is 5.19. The second kappa shape index (κ2) is 7.85. The maximum absolute atomic E-state index is 10.4. The Morgan fingerprint density at radius 3 is 2.46 bits per heavy atom. The van der Waals surface area contributed by atoms with Crippen molar-refractivity contribution in [2.75, 3.05) is 6.61 Å². The molecule has 0 amide bonds. The van der Waals surface area contributed by atoms with E-state index in [9.17, 15) is 15.3 Å². The molecule has 4 rings (SSSR count). The molecule has 28 heavy (non-hydrogen) atoms. The van der Waals surface area contributed by atoms with Crippen LogP contribution in [-0.2, 0) is 11.8 Å². The number of rotatable bonds is 4. The van der Waals surface area contributed by atoms with Gasteiger partial charge in [0.2, 0.25) is 0 Å². The topological polar surface area (TPSA) is 87.7 Å². The quantitative estimate of drug-likeness (QED) is 0.646. The first-order valence-corrected chi connectivity index (χ1v) is 9.38. The summed E-state index contributed by atoms with van der Waals surface area (Å²) in [7, 11) is 1.89. The highest BCUT2D eigenvalue weighted by Gasteiger charge is 2.37. The van der Waals surface area contributed by atoms with Crippen LogP contribution in [0.4, 0.5) is 0 Å². The summed E-state index contributed by atoms with van der Waals surface area (Å²) in [5.74, 6) is 0. The zero-order valence-corrected chi connectivity index (χ0v) is 15.6. The van der Waals surface area contributed by atoms with Gasteiger partial charge in [0.05, 0.1) is 24.5 Å². The van der Waals surface area contributed by atoms with Gasteiger partial charge < -0.3 is 20.1 Å². The van der Waals surface area contributed by atoms with E-state index in [4.69, 9.17) is 4.74 Å². The molecule has 2 heterocycles. The van der Waals surface area contributed by atoms with Crippen LogP contribution in [0.5, 0.6) is 0 Å². The summed E-state index contributed by atoms with van der Waals surface area (Å²) in [5, 5.41) is 34.3. The minimum Gasteiger partial charge on any atom is -0.394 e. The van der Waals surface area contributed by atoms with Gasteiger partial charge >= 0.3 is 0 Å². The number of aromatic nitrogens is 2. The van der Waals surface area contributed by atoms with Crippen molar-refractivity contribution in [3.63, 3.8) is 0 Å². The molecule has 0 radical (unpaired) electrons. The minimum absolute atomic E-state index is 0.186. The van der Waals surface area contributed by atoms with Crippen LogP contribution < -0.4 is 0 Å². The van der Waals surface area contributed by atoms with Crippen LogP contribution >= 0.6 is 0 Å². The second-order valence-corrected chi connectivity index (χ2v) is 7.23. The Morgan fingerprint density at radius 2 is 1.79 bits per heavy atom. The van der Waals surface area contributed by atoms with Crippen molar-refractivity contribution < 1.29 is 20.1 Å². The van der Waals surface area contributed by atoms with Crippen molar-refractivity contribution in [3.8, 4) is 22.4 Å². The molecule has 4 unspecified atom stereocenters. The summed E-state index contributed by atoms with van der Waals surface area (Å²) in [5.41, 5.74) is 4.76. The van der Waals surface area contributed by atoms with Crippen molar-refractivity contribution >= 4 is 0 Å². The van der Waals surface area contributed by atoms with Gasteiger partial charge in [0, 0.05) is 25.2 Å². The molecule has 4 atom stereocenters. The average Bonchev–Trinajstić information content (AvgIpc) is 3.16. The van der Waals surface area contributed by atoms with E-state index < -0.39 is 24.4 Å².